The quantitative estimate of drug-likeness (QED) is 0.455. The molecule has 0 radical (unpaired) electrons. The van der Waals surface area contributed by atoms with Crippen LogP contribution in [0.5, 0.6) is 0 Å². The molecule has 1 aromatic heterocycles. The van der Waals surface area contributed by atoms with Crippen LogP contribution in [0.3, 0.4) is 0 Å². The molecule has 0 atom stereocenters. The number of carbonyl (C=O) groups excluding carboxylic acids is 1. The van der Waals surface area contributed by atoms with Gasteiger partial charge in [0.05, 0.1) is 0 Å². The Morgan fingerprint density at radius 2 is 1.67 bits per heavy atom. The van der Waals surface area contributed by atoms with Crippen LogP contribution in [-0.2, 0) is 0 Å². The molecule has 0 bridgehead atoms. The van der Waals surface area contributed by atoms with Crippen LogP contribution in [0.2, 0.25) is 0 Å². The molecule has 0 saturated heterocycles. The molecular formula is C25H19FN2OSe. The Morgan fingerprint density at radius 1 is 0.900 bits per heavy atom. The van der Waals surface area contributed by atoms with Gasteiger partial charge < -0.3 is 0 Å². The van der Waals surface area contributed by atoms with E-state index in [1.165, 1.54) is 16.6 Å². The minimum atomic E-state index is -0.249. The van der Waals surface area contributed by atoms with E-state index in [1.54, 1.807) is 24.4 Å². The fraction of sp³-hybridized carbons (Fsp3) is 0.0400. The van der Waals surface area contributed by atoms with Crippen LogP contribution in [0.25, 0.3) is 11.1 Å². The summed E-state index contributed by atoms with van der Waals surface area (Å²) in [7, 11) is 0. The number of nitrogens with zero attached hydrogens (tertiary/aromatic N) is 1. The van der Waals surface area contributed by atoms with Crippen LogP contribution in [0.15, 0.2) is 91.1 Å². The van der Waals surface area contributed by atoms with Crippen molar-refractivity contribution < 1.29 is 9.18 Å². The van der Waals surface area contributed by atoms with Gasteiger partial charge >= 0.3 is 181 Å². The van der Waals surface area contributed by atoms with E-state index in [0.29, 0.717) is 5.69 Å². The van der Waals surface area contributed by atoms with Crippen molar-refractivity contribution in [3.63, 3.8) is 0 Å². The summed E-state index contributed by atoms with van der Waals surface area (Å²) in [5.74, 6) is -0.484. The minimum absolute atomic E-state index is 0.00512. The molecule has 0 spiro atoms. The molecule has 3 aromatic carbocycles. The van der Waals surface area contributed by atoms with Gasteiger partial charge in [0, 0.05) is 0 Å². The van der Waals surface area contributed by atoms with Gasteiger partial charge in [0.25, 0.3) is 0 Å². The summed E-state index contributed by atoms with van der Waals surface area (Å²) in [4.78, 5) is 16.8. The average molecular weight is 461 g/mol. The number of carbonyl (C=O) groups is 1. The maximum absolute atomic E-state index is 13.3. The molecule has 0 saturated carbocycles. The van der Waals surface area contributed by atoms with Crippen molar-refractivity contribution in [2.24, 2.45) is 0 Å². The van der Waals surface area contributed by atoms with E-state index < -0.39 is 0 Å². The van der Waals surface area contributed by atoms with Gasteiger partial charge in [-0.2, -0.15) is 0 Å². The Labute approximate surface area is 181 Å². The third-order valence-electron chi connectivity index (χ3n) is 4.54. The van der Waals surface area contributed by atoms with Crippen LogP contribution in [-0.4, -0.2) is 25.8 Å². The zero-order valence-electron chi connectivity index (χ0n) is 16.3. The monoisotopic (exact) mass is 462 g/mol. The number of para-hydroxylation sites is 1. The molecule has 1 N–H and O–H groups in total. The van der Waals surface area contributed by atoms with Crippen molar-refractivity contribution in [2.45, 2.75) is 6.92 Å². The molecule has 30 heavy (non-hydrogen) atoms. The molecule has 1 heterocycles. The number of anilines is 1. The fourth-order valence-electron chi connectivity index (χ4n) is 3.08. The van der Waals surface area contributed by atoms with Crippen molar-refractivity contribution in [1.82, 2.24) is 4.98 Å². The second kappa shape index (κ2) is 9.04. The zero-order valence-corrected chi connectivity index (χ0v) is 18.0. The fourth-order valence-corrected chi connectivity index (χ4v) is 5.06. The molecule has 0 aliphatic heterocycles. The molecule has 4 aromatic rings. The number of amides is 1. The zero-order chi connectivity index (χ0) is 20.9. The van der Waals surface area contributed by atoms with E-state index in [-0.39, 0.29) is 26.7 Å². The van der Waals surface area contributed by atoms with Crippen LogP contribution in [0.1, 0.15) is 16.1 Å². The van der Waals surface area contributed by atoms with Gasteiger partial charge in [0.1, 0.15) is 0 Å². The number of halogens is 1. The second-order valence-electron chi connectivity index (χ2n) is 6.77. The first-order chi connectivity index (χ1) is 14.6. The first kappa shape index (κ1) is 20.0. The maximum atomic E-state index is 13.3. The van der Waals surface area contributed by atoms with E-state index in [9.17, 15) is 9.18 Å². The van der Waals surface area contributed by atoms with E-state index in [0.717, 1.165) is 26.8 Å². The standard InChI is InChI=1S/C25H19FN2OSe/c1-17-9-14-24(30-19-12-10-18(26)11-13-19)21(16-17)20-6-2-3-7-22(20)28-25(29)23-8-4-5-15-27-23/h2-16H,1H3,(H,28,29). The van der Waals surface area contributed by atoms with Crippen LogP contribution >= 0.6 is 0 Å². The molecule has 1 amide bonds. The first-order valence-electron chi connectivity index (χ1n) is 9.46. The Bertz CT molecular complexity index is 1180. The molecular weight excluding hydrogens is 442 g/mol. The summed E-state index contributed by atoms with van der Waals surface area (Å²) < 4.78 is 15.6. The van der Waals surface area contributed by atoms with E-state index in [1.807, 2.05) is 43.3 Å². The van der Waals surface area contributed by atoms with Crippen molar-refractivity contribution >= 4 is 35.5 Å². The van der Waals surface area contributed by atoms with E-state index in [4.69, 9.17) is 0 Å². The summed E-state index contributed by atoms with van der Waals surface area (Å²) in [6, 6.07) is 26.0. The topological polar surface area (TPSA) is 42.0 Å². The summed E-state index contributed by atoms with van der Waals surface area (Å²) in [6.07, 6.45) is 1.60. The predicted octanol–water partition coefficient (Wildman–Crippen LogP) is 4.10. The SMILES string of the molecule is Cc1ccc([Se]c2ccc(F)cc2)c(-c2ccccc2NC(=O)c2ccccn2)c1. The Morgan fingerprint density at radius 3 is 2.43 bits per heavy atom. The third-order valence-corrected chi connectivity index (χ3v) is 6.81. The van der Waals surface area contributed by atoms with Crippen LogP contribution in [0, 0.1) is 12.7 Å². The van der Waals surface area contributed by atoms with Crippen molar-refractivity contribution in [3.8, 4) is 11.1 Å². The molecule has 0 aliphatic rings. The molecule has 5 heteroatoms. The van der Waals surface area contributed by atoms with Gasteiger partial charge in [0.15, 0.2) is 0 Å². The predicted molar refractivity (Wildman–Crippen MR) is 120 cm³/mol. The summed E-state index contributed by atoms with van der Waals surface area (Å²) in [5.41, 5.74) is 4.25. The molecule has 0 unspecified atom stereocenters. The Balaban J connectivity index is 1.71. The molecule has 3 nitrogen and oxygen atoms in total. The number of rotatable bonds is 5. The molecule has 4 rings (SSSR count). The second-order valence-corrected chi connectivity index (χ2v) is 9.11. The van der Waals surface area contributed by atoms with Gasteiger partial charge in [0.2, 0.25) is 0 Å². The van der Waals surface area contributed by atoms with Crippen molar-refractivity contribution in [2.75, 3.05) is 5.32 Å². The number of hydrogen-bond donors (Lipinski definition) is 1. The van der Waals surface area contributed by atoms with Crippen LogP contribution < -0.4 is 14.2 Å². The first-order valence-corrected chi connectivity index (χ1v) is 11.2. The van der Waals surface area contributed by atoms with Gasteiger partial charge in [-0.05, 0) is 0 Å². The molecule has 0 fully saturated rings. The average Bonchev–Trinajstić information content (AvgIpc) is 2.77. The van der Waals surface area contributed by atoms with Crippen molar-refractivity contribution in [3.05, 3.63) is 108 Å². The summed E-state index contributed by atoms with van der Waals surface area (Å²) >= 11 is -0.00512. The number of aromatic nitrogens is 1. The molecule has 148 valence electrons. The van der Waals surface area contributed by atoms with Crippen molar-refractivity contribution in [1.29, 1.82) is 0 Å². The third kappa shape index (κ3) is 4.65. The van der Waals surface area contributed by atoms with Gasteiger partial charge in [-0.3, -0.25) is 0 Å². The van der Waals surface area contributed by atoms with Gasteiger partial charge in [-0.25, -0.2) is 0 Å². The summed E-state index contributed by atoms with van der Waals surface area (Å²) in [5, 5.41) is 3.00. The number of hydrogen-bond acceptors (Lipinski definition) is 2. The van der Waals surface area contributed by atoms with Gasteiger partial charge in [-0.15, -0.1) is 0 Å². The number of pyridine rings is 1. The number of aryl methyl sites for hydroxylation is 1. The van der Waals surface area contributed by atoms with Crippen LogP contribution in [0.4, 0.5) is 10.1 Å². The summed E-state index contributed by atoms with van der Waals surface area (Å²) in [6.45, 7) is 2.05. The van der Waals surface area contributed by atoms with E-state index in [2.05, 4.69) is 28.5 Å². The van der Waals surface area contributed by atoms with Gasteiger partial charge in [-0.1, -0.05) is 0 Å². The molecule has 0 aliphatic carbocycles. The number of nitrogens with one attached hydrogen (secondary N) is 1. The Hall–Kier alpha value is -3.27. The normalized spacial score (nSPS) is 10.6. The van der Waals surface area contributed by atoms with E-state index >= 15 is 0 Å². The number of benzene rings is 3. The Kier molecular flexibility index (Phi) is 6.03.